The van der Waals surface area contributed by atoms with Crippen LogP contribution in [-0.4, -0.2) is 28.2 Å². The van der Waals surface area contributed by atoms with Crippen molar-refractivity contribution in [1.29, 1.82) is 0 Å². The second kappa shape index (κ2) is 4.03. The first-order valence-electron chi connectivity index (χ1n) is 3.13. The predicted molar refractivity (Wildman–Crippen MR) is 41.2 cm³/mol. The maximum absolute atomic E-state index is 5.19. The third-order valence-corrected chi connectivity index (χ3v) is 1.81. The molecule has 2 nitrogen and oxygen atoms in total. The second-order valence-corrected chi connectivity index (χ2v) is 8.73. The summed E-state index contributed by atoms with van der Waals surface area (Å²) in [5, 5.41) is 0. The molecule has 0 unspecified atom stereocenters. The lowest BCUT2D eigenvalue weighted by Gasteiger charge is -2.14. The molecule has 0 atom stereocenters. The zero-order valence-corrected chi connectivity index (χ0v) is 7.73. The van der Waals surface area contributed by atoms with Crippen LogP contribution in [0.1, 0.15) is 0 Å². The Labute approximate surface area is 58.2 Å². The third-order valence-electron chi connectivity index (χ3n) is 0.736. The van der Waals surface area contributed by atoms with Crippen molar-refractivity contribution >= 4 is 8.07 Å². The van der Waals surface area contributed by atoms with Crippen molar-refractivity contribution in [3.8, 4) is 0 Å². The summed E-state index contributed by atoms with van der Waals surface area (Å²) in [5.74, 6) is 0. The number of ether oxygens (including phenoxy) is 2. The average molecular weight is 148 g/mol. The summed E-state index contributed by atoms with van der Waals surface area (Å²) < 4.78 is 9.92. The molecule has 0 aliphatic rings. The molecule has 0 rings (SSSR count). The van der Waals surface area contributed by atoms with Crippen LogP contribution in [0, 0.1) is 0 Å². The molecule has 0 aromatic rings. The van der Waals surface area contributed by atoms with Crippen molar-refractivity contribution in [3.63, 3.8) is 0 Å². The van der Waals surface area contributed by atoms with E-state index in [-0.39, 0.29) is 0 Å². The number of hydrogen-bond donors (Lipinski definition) is 0. The molecule has 0 spiro atoms. The topological polar surface area (TPSA) is 18.5 Å². The lowest BCUT2D eigenvalue weighted by molar-refractivity contribution is -0.0138. The molecule has 9 heavy (non-hydrogen) atoms. The Morgan fingerprint density at radius 3 is 2.11 bits per heavy atom. The van der Waals surface area contributed by atoms with Gasteiger partial charge in [-0.2, -0.15) is 0 Å². The molecule has 0 aromatic carbocycles. The fourth-order valence-electron chi connectivity index (χ4n) is 0.431. The smallest absolute Gasteiger partial charge is 0.145 e. The van der Waals surface area contributed by atoms with E-state index >= 15 is 0 Å². The van der Waals surface area contributed by atoms with Crippen molar-refractivity contribution < 1.29 is 9.47 Å². The van der Waals surface area contributed by atoms with Gasteiger partial charge in [0.05, 0.1) is 8.07 Å². The monoisotopic (exact) mass is 148 g/mol. The molecule has 0 fully saturated rings. The van der Waals surface area contributed by atoms with Crippen molar-refractivity contribution in [3.05, 3.63) is 0 Å². The summed E-state index contributed by atoms with van der Waals surface area (Å²) >= 11 is 0. The van der Waals surface area contributed by atoms with Gasteiger partial charge in [0.2, 0.25) is 0 Å². The van der Waals surface area contributed by atoms with E-state index in [0.29, 0.717) is 6.79 Å². The lowest BCUT2D eigenvalue weighted by Crippen LogP contribution is -2.28. The molecule has 56 valence electrons. The number of hydrogen-bond acceptors (Lipinski definition) is 2. The fraction of sp³-hybridized carbons (Fsp3) is 1.00. The average Bonchev–Trinajstić information content (AvgIpc) is 1.63. The Hall–Kier alpha value is 0.137. The highest BCUT2D eigenvalue weighted by molar-refractivity contribution is 6.76. The van der Waals surface area contributed by atoms with Crippen molar-refractivity contribution in [1.82, 2.24) is 0 Å². The van der Waals surface area contributed by atoms with Crippen LogP contribution >= 0.6 is 0 Å². The van der Waals surface area contributed by atoms with Crippen molar-refractivity contribution in [2.75, 3.05) is 20.1 Å². The summed E-state index contributed by atoms with van der Waals surface area (Å²) in [6.07, 6.45) is 0.890. The van der Waals surface area contributed by atoms with Gasteiger partial charge >= 0.3 is 0 Å². The summed E-state index contributed by atoms with van der Waals surface area (Å²) in [4.78, 5) is 0. The third kappa shape index (κ3) is 8.14. The van der Waals surface area contributed by atoms with Crippen LogP contribution in [0.25, 0.3) is 0 Å². The van der Waals surface area contributed by atoms with E-state index in [0.717, 1.165) is 6.23 Å². The van der Waals surface area contributed by atoms with Gasteiger partial charge in [-0.25, -0.2) is 0 Å². The molecule has 0 aliphatic heterocycles. The van der Waals surface area contributed by atoms with Gasteiger partial charge < -0.3 is 9.47 Å². The van der Waals surface area contributed by atoms with E-state index in [1.165, 1.54) is 0 Å². The van der Waals surface area contributed by atoms with Gasteiger partial charge in [0.15, 0.2) is 0 Å². The quantitative estimate of drug-likeness (QED) is 0.341. The molecule has 0 aliphatic carbocycles. The van der Waals surface area contributed by atoms with Crippen LogP contribution in [0.4, 0.5) is 0 Å². The second-order valence-electron chi connectivity index (χ2n) is 3.32. The van der Waals surface area contributed by atoms with E-state index in [1.807, 2.05) is 0 Å². The van der Waals surface area contributed by atoms with Crippen LogP contribution in [0.5, 0.6) is 0 Å². The highest BCUT2D eigenvalue weighted by atomic mass is 28.3. The largest absolute Gasteiger partial charge is 0.359 e. The molecule has 0 bridgehead atoms. The molecule has 0 amide bonds. The standard InChI is InChI=1S/C6H16O2Si/c1-7-5-8-6-9(2,3)4/h5-6H2,1-4H3. The Kier molecular flexibility index (Phi) is 4.09. The molecule has 0 N–H and O–H groups in total. The Bertz CT molecular complexity index is 67.9. The molecule has 0 heterocycles. The highest BCUT2D eigenvalue weighted by Gasteiger charge is 2.12. The van der Waals surface area contributed by atoms with E-state index in [9.17, 15) is 0 Å². The Morgan fingerprint density at radius 1 is 1.22 bits per heavy atom. The lowest BCUT2D eigenvalue weighted by atomic mass is 11.4. The van der Waals surface area contributed by atoms with Gasteiger partial charge in [-0.3, -0.25) is 0 Å². The fourth-order valence-corrected chi connectivity index (χ4v) is 1.13. The molecule has 0 radical (unpaired) electrons. The van der Waals surface area contributed by atoms with Gasteiger partial charge in [-0.05, 0) is 0 Å². The van der Waals surface area contributed by atoms with Gasteiger partial charge in [-0.1, -0.05) is 19.6 Å². The molecular formula is C6H16O2Si. The molecule has 3 heteroatoms. The van der Waals surface area contributed by atoms with Crippen LogP contribution in [0.2, 0.25) is 19.6 Å². The maximum atomic E-state index is 5.19. The molecule has 0 saturated heterocycles. The van der Waals surface area contributed by atoms with Gasteiger partial charge in [-0.15, -0.1) is 0 Å². The summed E-state index contributed by atoms with van der Waals surface area (Å²) in [7, 11) is 0.646. The Morgan fingerprint density at radius 2 is 1.78 bits per heavy atom. The minimum atomic E-state index is -0.997. The predicted octanol–water partition coefficient (Wildman–Crippen LogP) is 1.48. The van der Waals surface area contributed by atoms with Crippen molar-refractivity contribution in [2.24, 2.45) is 0 Å². The van der Waals surface area contributed by atoms with Gasteiger partial charge in [0.1, 0.15) is 6.79 Å². The zero-order chi connectivity index (χ0) is 7.33. The SMILES string of the molecule is COCOC[Si](C)(C)C. The first kappa shape index (κ1) is 9.14. The minimum Gasteiger partial charge on any atom is -0.359 e. The van der Waals surface area contributed by atoms with Crippen LogP contribution in [0.3, 0.4) is 0 Å². The highest BCUT2D eigenvalue weighted by Crippen LogP contribution is 1.99. The van der Waals surface area contributed by atoms with E-state index in [1.54, 1.807) is 7.11 Å². The summed E-state index contributed by atoms with van der Waals surface area (Å²) in [5.41, 5.74) is 0. The molecular weight excluding hydrogens is 132 g/mol. The van der Waals surface area contributed by atoms with E-state index in [4.69, 9.17) is 9.47 Å². The maximum Gasteiger partial charge on any atom is 0.145 e. The first-order valence-corrected chi connectivity index (χ1v) is 6.83. The van der Waals surface area contributed by atoms with E-state index in [2.05, 4.69) is 19.6 Å². The Balaban J connectivity index is 3.07. The van der Waals surface area contributed by atoms with Gasteiger partial charge in [0, 0.05) is 13.3 Å². The number of rotatable bonds is 4. The zero-order valence-electron chi connectivity index (χ0n) is 6.73. The summed E-state index contributed by atoms with van der Waals surface area (Å²) in [6, 6.07) is 0. The van der Waals surface area contributed by atoms with E-state index < -0.39 is 8.07 Å². The minimum absolute atomic E-state index is 0.435. The molecule has 0 aromatic heterocycles. The van der Waals surface area contributed by atoms with Crippen LogP contribution in [0.15, 0.2) is 0 Å². The van der Waals surface area contributed by atoms with Gasteiger partial charge in [0.25, 0.3) is 0 Å². The normalized spacial score (nSPS) is 12.0. The first-order chi connectivity index (χ1) is 4.06. The molecule has 0 saturated carbocycles. The summed E-state index contributed by atoms with van der Waals surface area (Å²) in [6.45, 7) is 7.23. The van der Waals surface area contributed by atoms with Crippen molar-refractivity contribution in [2.45, 2.75) is 19.6 Å². The van der Waals surface area contributed by atoms with Crippen LogP contribution < -0.4 is 0 Å². The van der Waals surface area contributed by atoms with Crippen LogP contribution in [-0.2, 0) is 9.47 Å². The number of methoxy groups -OCH3 is 1.